The van der Waals surface area contributed by atoms with Crippen LogP contribution in [0.15, 0.2) is 0 Å². The van der Waals surface area contributed by atoms with Crippen molar-refractivity contribution in [2.24, 2.45) is 5.73 Å². The van der Waals surface area contributed by atoms with Crippen molar-refractivity contribution in [2.75, 3.05) is 6.61 Å². The molecule has 0 aliphatic rings. The van der Waals surface area contributed by atoms with Crippen molar-refractivity contribution in [3.63, 3.8) is 0 Å². The molecule has 0 aromatic rings. The number of carboxylic acids is 1. The van der Waals surface area contributed by atoms with Crippen LogP contribution in [0.1, 0.15) is 245 Å². The van der Waals surface area contributed by atoms with Crippen LogP contribution in [0.3, 0.4) is 0 Å². The molecule has 0 bridgehead atoms. The van der Waals surface area contributed by atoms with E-state index in [4.69, 9.17) is 15.9 Å². The van der Waals surface area contributed by atoms with Crippen LogP contribution in [0.25, 0.3) is 0 Å². The van der Waals surface area contributed by atoms with Gasteiger partial charge in [-0.15, -0.1) is 0 Å². The second-order valence-electron chi connectivity index (χ2n) is 15.6. The van der Waals surface area contributed by atoms with Crippen LogP contribution in [-0.4, -0.2) is 62.5 Å². The SMILES string of the molecule is CCCCCCCCCCCCCCC(O)C(O)C(N)CO.CCCCCCCCCCCCCCCCCCCCCCCCC(O)C(=O)O. The van der Waals surface area contributed by atoms with Crippen LogP contribution < -0.4 is 5.73 Å². The number of aliphatic hydroxyl groups is 4. The van der Waals surface area contributed by atoms with Gasteiger partial charge in [-0.2, -0.15) is 0 Å². The van der Waals surface area contributed by atoms with E-state index >= 15 is 0 Å². The van der Waals surface area contributed by atoms with Crippen LogP contribution in [0.5, 0.6) is 0 Å². The first-order valence-electron chi connectivity index (χ1n) is 22.4. The van der Waals surface area contributed by atoms with Crippen LogP contribution in [0, 0.1) is 0 Å². The van der Waals surface area contributed by atoms with Gasteiger partial charge < -0.3 is 31.3 Å². The summed E-state index contributed by atoms with van der Waals surface area (Å²) < 4.78 is 0. The van der Waals surface area contributed by atoms with Gasteiger partial charge in [0.2, 0.25) is 0 Å². The zero-order valence-electron chi connectivity index (χ0n) is 34.2. The molecule has 7 N–H and O–H groups in total. The maximum Gasteiger partial charge on any atom is 0.332 e. The molecule has 4 atom stereocenters. The zero-order chi connectivity index (χ0) is 38.0. The third-order valence-corrected chi connectivity index (χ3v) is 10.5. The summed E-state index contributed by atoms with van der Waals surface area (Å²) in [6.45, 7) is 4.24. The molecule has 0 radical (unpaired) electrons. The Balaban J connectivity index is 0. The number of carboxylic acid groups (broad SMARTS) is 1. The molecule has 308 valence electrons. The summed E-state index contributed by atoms with van der Waals surface area (Å²) in [5.41, 5.74) is 5.49. The average Bonchev–Trinajstić information content (AvgIpc) is 3.13. The topological polar surface area (TPSA) is 144 Å². The molecular formula is C44H91NO6. The van der Waals surface area contributed by atoms with Crippen molar-refractivity contribution in [3.8, 4) is 0 Å². The Kier molecular flexibility index (Phi) is 44.8. The van der Waals surface area contributed by atoms with Crippen LogP contribution in [0.4, 0.5) is 0 Å². The molecule has 4 unspecified atom stereocenters. The number of unbranched alkanes of at least 4 members (excludes halogenated alkanes) is 32. The number of rotatable bonds is 40. The van der Waals surface area contributed by atoms with Gasteiger partial charge in [0.05, 0.1) is 24.9 Å². The highest BCUT2D eigenvalue weighted by atomic mass is 16.4. The van der Waals surface area contributed by atoms with E-state index in [-0.39, 0.29) is 6.61 Å². The largest absolute Gasteiger partial charge is 0.479 e. The molecular weight excluding hydrogens is 638 g/mol. The molecule has 0 aliphatic carbocycles. The highest BCUT2D eigenvalue weighted by molar-refractivity contribution is 5.71. The first kappa shape index (κ1) is 52.4. The molecule has 7 heteroatoms. The molecule has 0 rings (SSSR count). The number of carbonyl (C=O) groups is 1. The Labute approximate surface area is 317 Å². The van der Waals surface area contributed by atoms with Gasteiger partial charge in [0.25, 0.3) is 0 Å². The minimum Gasteiger partial charge on any atom is -0.479 e. The fourth-order valence-electron chi connectivity index (χ4n) is 6.83. The monoisotopic (exact) mass is 730 g/mol. The van der Waals surface area contributed by atoms with Gasteiger partial charge in [-0.1, -0.05) is 232 Å². The summed E-state index contributed by atoms with van der Waals surface area (Å²) in [6, 6.07) is -0.743. The van der Waals surface area contributed by atoms with Crippen molar-refractivity contribution in [2.45, 2.75) is 269 Å². The van der Waals surface area contributed by atoms with E-state index in [1.165, 1.54) is 193 Å². The summed E-state index contributed by atoms with van der Waals surface area (Å²) in [6.07, 6.45) is 43.1. The van der Waals surface area contributed by atoms with Gasteiger partial charge in [0.1, 0.15) is 0 Å². The number of hydrogen-bond donors (Lipinski definition) is 6. The van der Waals surface area contributed by atoms with E-state index in [9.17, 15) is 20.1 Å². The lowest BCUT2D eigenvalue weighted by molar-refractivity contribution is -0.146. The molecule has 0 saturated heterocycles. The predicted octanol–water partition coefficient (Wildman–Crippen LogP) is 11.5. The molecule has 0 saturated carbocycles. The highest BCUT2D eigenvalue weighted by Crippen LogP contribution is 2.17. The second kappa shape index (κ2) is 43.7. The maximum atomic E-state index is 10.5. The first-order chi connectivity index (χ1) is 24.8. The molecule has 0 heterocycles. The van der Waals surface area contributed by atoms with Crippen molar-refractivity contribution in [1.29, 1.82) is 0 Å². The van der Waals surface area contributed by atoms with E-state index in [1.807, 2.05) is 0 Å². The maximum absolute atomic E-state index is 10.5. The normalized spacial score (nSPS) is 13.8. The fourth-order valence-corrected chi connectivity index (χ4v) is 6.83. The van der Waals surface area contributed by atoms with Gasteiger partial charge in [-0.25, -0.2) is 4.79 Å². The van der Waals surface area contributed by atoms with Gasteiger partial charge in [-0.3, -0.25) is 0 Å². The summed E-state index contributed by atoms with van der Waals surface area (Å²) in [4.78, 5) is 10.5. The van der Waals surface area contributed by atoms with E-state index < -0.39 is 30.3 Å². The van der Waals surface area contributed by atoms with Crippen LogP contribution in [-0.2, 0) is 4.79 Å². The Morgan fingerprint density at radius 2 is 0.667 bits per heavy atom. The molecule has 0 aliphatic heterocycles. The Morgan fingerprint density at radius 3 is 0.902 bits per heavy atom. The van der Waals surface area contributed by atoms with Crippen molar-refractivity contribution < 1.29 is 30.3 Å². The number of aliphatic carboxylic acids is 1. The lowest BCUT2D eigenvalue weighted by Crippen LogP contribution is -2.45. The Bertz CT molecular complexity index is 666. The smallest absolute Gasteiger partial charge is 0.332 e. The summed E-state index contributed by atoms with van der Waals surface area (Å²) in [5.74, 6) is -1.09. The third kappa shape index (κ3) is 41.9. The lowest BCUT2D eigenvalue weighted by atomic mass is 10.00. The number of hydrogen-bond acceptors (Lipinski definition) is 6. The predicted molar refractivity (Wildman–Crippen MR) is 218 cm³/mol. The van der Waals surface area contributed by atoms with Gasteiger partial charge >= 0.3 is 5.97 Å². The highest BCUT2D eigenvalue weighted by Gasteiger charge is 2.22. The minimum atomic E-state index is -1.17. The third-order valence-electron chi connectivity index (χ3n) is 10.5. The van der Waals surface area contributed by atoms with E-state index in [0.29, 0.717) is 12.8 Å². The molecule has 51 heavy (non-hydrogen) atoms. The number of aliphatic hydroxyl groups excluding tert-OH is 4. The molecule has 0 aromatic heterocycles. The number of nitrogens with two attached hydrogens (primary N) is 1. The summed E-state index contributed by atoms with van der Waals surface area (Å²) >= 11 is 0. The van der Waals surface area contributed by atoms with E-state index in [0.717, 1.165) is 25.7 Å². The molecule has 7 nitrogen and oxygen atoms in total. The Hall–Kier alpha value is -0.730. The molecule has 0 spiro atoms. The average molecular weight is 730 g/mol. The summed E-state index contributed by atoms with van der Waals surface area (Å²) in [5, 5.41) is 46.0. The quantitative estimate of drug-likeness (QED) is 0.0344. The fraction of sp³-hybridized carbons (Fsp3) is 0.977. The van der Waals surface area contributed by atoms with Crippen molar-refractivity contribution in [1.82, 2.24) is 0 Å². The zero-order valence-corrected chi connectivity index (χ0v) is 34.2. The lowest BCUT2D eigenvalue weighted by Gasteiger charge is -2.22. The van der Waals surface area contributed by atoms with Gasteiger partial charge in [-0.05, 0) is 12.8 Å². The summed E-state index contributed by atoms with van der Waals surface area (Å²) in [7, 11) is 0. The van der Waals surface area contributed by atoms with Gasteiger partial charge in [0, 0.05) is 0 Å². The van der Waals surface area contributed by atoms with E-state index in [1.54, 1.807) is 0 Å². The molecule has 0 aromatic carbocycles. The first-order valence-corrected chi connectivity index (χ1v) is 22.4. The Morgan fingerprint density at radius 1 is 0.431 bits per heavy atom. The van der Waals surface area contributed by atoms with Crippen LogP contribution >= 0.6 is 0 Å². The minimum absolute atomic E-state index is 0.295. The van der Waals surface area contributed by atoms with Gasteiger partial charge in [0.15, 0.2) is 6.10 Å². The molecule has 0 amide bonds. The van der Waals surface area contributed by atoms with Crippen molar-refractivity contribution in [3.05, 3.63) is 0 Å². The second-order valence-corrected chi connectivity index (χ2v) is 15.6. The van der Waals surface area contributed by atoms with Crippen LogP contribution in [0.2, 0.25) is 0 Å². The van der Waals surface area contributed by atoms with E-state index in [2.05, 4.69) is 13.8 Å². The standard InChI is InChI=1S/C26H52O3.C18H39NO3/c1-2-3-4-5-6-7-8-9-10-11-12-13-14-15-16-17-18-19-20-21-22-23-24-25(27)26(28)29;1-2-3-4-5-6-7-8-9-10-11-12-13-14-17(21)18(22)16(19)15-20/h25,27H,2-24H2,1H3,(H,28,29);16-18,20-22H,2-15,19H2,1H3. The molecule has 0 fully saturated rings. The van der Waals surface area contributed by atoms with Crippen molar-refractivity contribution >= 4 is 5.97 Å².